The second-order valence-corrected chi connectivity index (χ2v) is 6.15. The summed E-state index contributed by atoms with van der Waals surface area (Å²) in [5, 5.41) is 0. The van der Waals surface area contributed by atoms with Gasteiger partial charge in [0.25, 0.3) is 5.56 Å². The summed E-state index contributed by atoms with van der Waals surface area (Å²) in [6, 6.07) is 5.96. The second-order valence-electron chi connectivity index (χ2n) is 6.15. The lowest BCUT2D eigenvalue weighted by atomic mass is 10.1. The van der Waals surface area contributed by atoms with E-state index >= 15 is 0 Å². The number of aryl methyl sites for hydroxylation is 1. The largest absolute Gasteiger partial charge is 0.352 e. The predicted octanol–water partition coefficient (Wildman–Crippen LogP) is 2.25. The molecule has 0 amide bonds. The van der Waals surface area contributed by atoms with Gasteiger partial charge in [0.15, 0.2) is 5.82 Å². The average molecular weight is 330 g/mol. The monoisotopic (exact) mass is 330 g/mol. The van der Waals surface area contributed by atoms with Crippen LogP contribution in [0.25, 0.3) is 5.69 Å². The van der Waals surface area contributed by atoms with Gasteiger partial charge in [-0.1, -0.05) is 0 Å². The Bertz CT molecular complexity index is 736. The zero-order valence-electron chi connectivity index (χ0n) is 13.7. The Morgan fingerprint density at radius 1 is 1.12 bits per heavy atom. The van der Waals surface area contributed by atoms with Crippen LogP contribution in [-0.2, 0) is 6.42 Å². The Hall–Kier alpha value is -2.21. The Morgan fingerprint density at radius 2 is 1.83 bits per heavy atom. The first kappa shape index (κ1) is 16.6. The van der Waals surface area contributed by atoms with Crippen LogP contribution >= 0.6 is 0 Å². The van der Waals surface area contributed by atoms with E-state index in [1.165, 1.54) is 18.6 Å². The fourth-order valence-corrected chi connectivity index (χ4v) is 3.04. The highest BCUT2D eigenvalue weighted by Crippen LogP contribution is 2.17. The Labute approximate surface area is 140 Å². The number of hydrogen-bond acceptors (Lipinski definition) is 4. The summed E-state index contributed by atoms with van der Waals surface area (Å²) in [5.41, 5.74) is 6.94. The molecule has 6 heteroatoms. The smallest absolute Gasteiger partial charge is 0.298 e. The van der Waals surface area contributed by atoms with Crippen LogP contribution in [0.4, 0.5) is 10.2 Å². The van der Waals surface area contributed by atoms with E-state index in [1.807, 2.05) is 0 Å². The summed E-state index contributed by atoms with van der Waals surface area (Å²) >= 11 is 0. The van der Waals surface area contributed by atoms with Crippen LogP contribution in [0.1, 0.15) is 31.4 Å². The van der Waals surface area contributed by atoms with E-state index in [9.17, 15) is 9.18 Å². The topological polar surface area (TPSA) is 64.2 Å². The third-order valence-electron chi connectivity index (χ3n) is 4.34. The van der Waals surface area contributed by atoms with Crippen molar-refractivity contribution in [1.82, 2.24) is 9.55 Å². The molecule has 1 aliphatic heterocycles. The van der Waals surface area contributed by atoms with E-state index < -0.39 is 0 Å². The van der Waals surface area contributed by atoms with Gasteiger partial charge in [0, 0.05) is 25.0 Å². The predicted molar refractivity (Wildman–Crippen MR) is 93.2 cm³/mol. The Morgan fingerprint density at radius 3 is 2.50 bits per heavy atom. The molecule has 128 valence electrons. The number of rotatable bonds is 5. The SMILES string of the molecule is NCCCc1cn(-c2ccc(F)cc2)c(=O)c(N2CCCCC2)n1. The highest BCUT2D eigenvalue weighted by atomic mass is 19.1. The van der Waals surface area contributed by atoms with Gasteiger partial charge in [-0.05, 0) is 62.9 Å². The highest BCUT2D eigenvalue weighted by Gasteiger charge is 2.18. The molecule has 0 bridgehead atoms. The summed E-state index contributed by atoms with van der Waals surface area (Å²) in [6.07, 6.45) is 6.62. The number of aromatic nitrogens is 2. The molecular weight excluding hydrogens is 307 g/mol. The number of hydrogen-bond donors (Lipinski definition) is 1. The first-order valence-corrected chi connectivity index (χ1v) is 8.52. The normalized spacial score (nSPS) is 14.8. The molecule has 1 aliphatic rings. The summed E-state index contributed by atoms with van der Waals surface area (Å²) in [4.78, 5) is 19.6. The maximum atomic E-state index is 13.2. The van der Waals surface area contributed by atoms with Crippen molar-refractivity contribution in [2.75, 3.05) is 24.5 Å². The fraction of sp³-hybridized carbons (Fsp3) is 0.444. The summed E-state index contributed by atoms with van der Waals surface area (Å²) in [5.74, 6) is 0.175. The average Bonchev–Trinajstić information content (AvgIpc) is 2.62. The summed E-state index contributed by atoms with van der Waals surface area (Å²) in [6.45, 7) is 2.29. The quantitative estimate of drug-likeness (QED) is 0.913. The van der Waals surface area contributed by atoms with Gasteiger partial charge in [0.2, 0.25) is 0 Å². The second kappa shape index (κ2) is 7.57. The Balaban J connectivity index is 2.05. The third kappa shape index (κ3) is 3.64. The van der Waals surface area contributed by atoms with Crippen molar-refractivity contribution in [3.8, 4) is 5.69 Å². The molecule has 0 atom stereocenters. The molecule has 0 aliphatic carbocycles. The first-order valence-electron chi connectivity index (χ1n) is 8.52. The van der Waals surface area contributed by atoms with Crippen molar-refractivity contribution in [2.24, 2.45) is 5.73 Å². The minimum absolute atomic E-state index is 0.153. The van der Waals surface area contributed by atoms with E-state index in [0.717, 1.165) is 44.5 Å². The molecule has 2 N–H and O–H groups in total. The molecule has 1 aromatic heterocycles. The maximum Gasteiger partial charge on any atom is 0.298 e. The molecule has 1 fully saturated rings. The molecule has 24 heavy (non-hydrogen) atoms. The molecule has 0 unspecified atom stereocenters. The van der Waals surface area contributed by atoms with Crippen molar-refractivity contribution in [3.05, 3.63) is 52.3 Å². The molecule has 0 saturated carbocycles. The summed E-state index contributed by atoms with van der Waals surface area (Å²) < 4.78 is 14.8. The molecule has 5 nitrogen and oxygen atoms in total. The minimum atomic E-state index is -0.319. The third-order valence-corrected chi connectivity index (χ3v) is 4.34. The van der Waals surface area contributed by atoms with Crippen LogP contribution in [0, 0.1) is 5.82 Å². The van der Waals surface area contributed by atoms with Crippen molar-refractivity contribution < 1.29 is 4.39 Å². The molecule has 2 aromatic rings. The summed E-state index contributed by atoms with van der Waals surface area (Å²) in [7, 11) is 0. The van der Waals surface area contributed by atoms with Crippen LogP contribution in [0.3, 0.4) is 0 Å². The van der Waals surface area contributed by atoms with E-state index in [-0.39, 0.29) is 11.4 Å². The molecule has 3 rings (SSSR count). The molecule has 1 saturated heterocycles. The lowest BCUT2D eigenvalue weighted by molar-refractivity contribution is 0.568. The maximum absolute atomic E-state index is 13.2. The molecule has 1 aromatic carbocycles. The molecule has 0 spiro atoms. The van der Waals surface area contributed by atoms with Crippen molar-refractivity contribution in [3.63, 3.8) is 0 Å². The van der Waals surface area contributed by atoms with Gasteiger partial charge in [0.05, 0.1) is 5.69 Å². The standard InChI is InChI=1S/C18H23FN4O/c19-14-6-8-16(9-7-14)23-13-15(5-4-10-20)21-17(18(23)24)22-11-2-1-3-12-22/h6-9,13H,1-5,10-12,20H2. The fourth-order valence-electron chi connectivity index (χ4n) is 3.04. The van der Waals surface area contributed by atoms with E-state index in [1.54, 1.807) is 22.9 Å². The number of nitrogens with two attached hydrogens (primary N) is 1. The van der Waals surface area contributed by atoms with E-state index in [2.05, 4.69) is 9.88 Å². The van der Waals surface area contributed by atoms with Crippen LogP contribution in [-0.4, -0.2) is 29.2 Å². The van der Waals surface area contributed by atoms with Crippen LogP contribution < -0.4 is 16.2 Å². The van der Waals surface area contributed by atoms with Gasteiger partial charge in [-0.3, -0.25) is 9.36 Å². The van der Waals surface area contributed by atoms with Gasteiger partial charge in [-0.25, -0.2) is 9.37 Å². The van der Waals surface area contributed by atoms with Crippen molar-refractivity contribution in [1.29, 1.82) is 0 Å². The highest BCUT2D eigenvalue weighted by molar-refractivity contribution is 5.42. The van der Waals surface area contributed by atoms with Crippen LogP contribution in [0.5, 0.6) is 0 Å². The van der Waals surface area contributed by atoms with Crippen LogP contribution in [0.2, 0.25) is 0 Å². The van der Waals surface area contributed by atoms with Crippen molar-refractivity contribution >= 4 is 5.82 Å². The van der Waals surface area contributed by atoms with Crippen molar-refractivity contribution in [2.45, 2.75) is 32.1 Å². The number of benzene rings is 1. The number of piperidine rings is 1. The lowest BCUT2D eigenvalue weighted by Gasteiger charge is -2.28. The zero-order valence-corrected chi connectivity index (χ0v) is 13.7. The molecular formula is C18H23FN4O. The van der Waals surface area contributed by atoms with Gasteiger partial charge in [-0.15, -0.1) is 0 Å². The van der Waals surface area contributed by atoms with E-state index in [4.69, 9.17) is 5.73 Å². The molecule has 2 heterocycles. The van der Waals surface area contributed by atoms with Crippen LogP contribution in [0.15, 0.2) is 35.3 Å². The first-order chi connectivity index (χ1) is 11.7. The lowest BCUT2D eigenvalue weighted by Crippen LogP contribution is -2.37. The number of anilines is 1. The van der Waals surface area contributed by atoms with Gasteiger partial charge >= 0.3 is 0 Å². The van der Waals surface area contributed by atoms with Gasteiger partial charge < -0.3 is 10.6 Å². The number of nitrogens with zero attached hydrogens (tertiary/aromatic N) is 3. The Kier molecular flexibility index (Phi) is 5.25. The van der Waals surface area contributed by atoms with Gasteiger partial charge in [-0.2, -0.15) is 0 Å². The van der Waals surface area contributed by atoms with E-state index in [0.29, 0.717) is 18.1 Å². The number of halogens is 1. The molecule has 0 radical (unpaired) electrons. The van der Waals surface area contributed by atoms with Gasteiger partial charge in [0.1, 0.15) is 5.82 Å². The minimum Gasteiger partial charge on any atom is -0.352 e. The zero-order chi connectivity index (χ0) is 16.9.